The highest BCUT2D eigenvalue weighted by molar-refractivity contribution is 7.89. The molecule has 0 aromatic heterocycles. The average molecular weight is 562 g/mol. The molecule has 4 rings (SSSR count). The summed E-state index contributed by atoms with van der Waals surface area (Å²) in [6, 6.07) is 21.2. The number of nitrogens with zero attached hydrogens (tertiary/aromatic N) is 2. The van der Waals surface area contributed by atoms with Gasteiger partial charge in [-0.1, -0.05) is 54.1 Å². The first-order valence-electron chi connectivity index (χ1n) is 11.8. The lowest BCUT2D eigenvalue weighted by atomic mass is 10.2. The monoisotopic (exact) mass is 561 g/mol. The summed E-state index contributed by atoms with van der Waals surface area (Å²) in [7, 11) is -7.50. The summed E-state index contributed by atoms with van der Waals surface area (Å²) in [5, 5.41) is 3.14. The maximum atomic E-state index is 13.3. The van der Waals surface area contributed by atoms with E-state index in [1.54, 1.807) is 36.4 Å². The summed E-state index contributed by atoms with van der Waals surface area (Å²) in [6.07, 6.45) is 1.72. The largest absolute Gasteiger partial charge is 0.351 e. The van der Waals surface area contributed by atoms with Crippen LogP contribution in [0, 0.1) is 0 Å². The zero-order valence-corrected chi connectivity index (χ0v) is 22.5. The minimum absolute atomic E-state index is 0.0161. The molecule has 0 atom stereocenters. The molecular weight excluding hydrogens is 534 g/mol. The highest BCUT2D eigenvalue weighted by Gasteiger charge is 2.28. The highest BCUT2D eigenvalue weighted by Crippen LogP contribution is 2.22. The molecule has 0 spiro atoms. The van der Waals surface area contributed by atoms with E-state index in [9.17, 15) is 21.6 Å². The van der Waals surface area contributed by atoms with Gasteiger partial charge in [0.2, 0.25) is 26.0 Å². The fourth-order valence-electron chi connectivity index (χ4n) is 4.04. The summed E-state index contributed by atoms with van der Waals surface area (Å²) in [4.78, 5) is 13.1. The number of benzene rings is 3. The van der Waals surface area contributed by atoms with Gasteiger partial charge in [0.05, 0.1) is 16.3 Å². The molecule has 1 heterocycles. The van der Waals surface area contributed by atoms with Gasteiger partial charge in [-0.3, -0.25) is 4.79 Å². The lowest BCUT2D eigenvalue weighted by molar-refractivity contribution is -0.121. The van der Waals surface area contributed by atoms with Crippen LogP contribution in [-0.2, 0) is 37.9 Å². The van der Waals surface area contributed by atoms with E-state index in [0.717, 1.165) is 22.7 Å². The quantitative estimate of drug-likeness (QED) is 0.407. The molecular formula is C26H28ClN3O5S2. The molecule has 196 valence electrons. The Balaban J connectivity index is 1.44. The molecule has 37 heavy (non-hydrogen) atoms. The molecule has 0 bridgehead atoms. The van der Waals surface area contributed by atoms with Crippen molar-refractivity contribution >= 4 is 37.6 Å². The van der Waals surface area contributed by atoms with Gasteiger partial charge in [-0.2, -0.15) is 8.61 Å². The molecule has 1 saturated heterocycles. The molecule has 1 aliphatic heterocycles. The van der Waals surface area contributed by atoms with Crippen molar-refractivity contribution in [1.29, 1.82) is 0 Å². The molecule has 1 fully saturated rings. The Morgan fingerprint density at radius 1 is 0.811 bits per heavy atom. The van der Waals surface area contributed by atoms with Gasteiger partial charge >= 0.3 is 0 Å². The Bertz CT molecular complexity index is 1420. The van der Waals surface area contributed by atoms with Gasteiger partial charge in [0, 0.05) is 31.2 Å². The average Bonchev–Trinajstić information content (AvgIpc) is 3.44. The second-order valence-corrected chi connectivity index (χ2v) is 13.1. The highest BCUT2D eigenvalue weighted by atomic mass is 35.5. The van der Waals surface area contributed by atoms with Crippen LogP contribution in [0.1, 0.15) is 24.0 Å². The smallest absolute Gasteiger partial charge is 0.243 e. The van der Waals surface area contributed by atoms with Crippen LogP contribution in [0.15, 0.2) is 88.7 Å². The molecule has 1 N–H and O–H groups in total. The molecule has 3 aromatic rings. The maximum absolute atomic E-state index is 13.3. The summed E-state index contributed by atoms with van der Waals surface area (Å²) in [5.74, 6) is -0.484. The number of rotatable bonds is 10. The number of halogens is 1. The van der Waals surface area contributed by atoms with Crippen molar-refractivity contribution in [2.75, 3.05) is 19.6 Å². The predicted octanol–water partition coefficient (Wildman–Crippen LogP) is 3.63. The number of carbonyl (C=O) groups excluding carboxylic acids is 1. The minimum atomic E-state index is -3.98. The number of nitrogens with one attached hydrogen (secondary N) is 1. The number of hydrogen-bond donors (Lipinski definition) is 1. The predicted molar refractivity (Wildman–Crippen MR) is 142 cm³/mol. The number of hydrogen-bond acceptors (Lipinski definition) is 5. The Hall–Kier alpha value is -2.76. The van der Waals surface area contributed by atoms with Crippen LogP contribution in [0.3, 0.4) is 0 Å². The second kappa shape index (κ2) is 11.7. The van der Waals surface area contributed by atoms with Crippen molar-refractivity contribution in [3.05, 3.63) is 95.0 Å². The lowest BCUT2D eigenvalue weighted by Gasteiger charge is -2.22. The van der Waals surface area contributed by atoms with Gasteiger partial charge in [0.1, 0.15) is 0 Å². The van der Waals surface area contributed by atoms with E-state index in [1.807, 2.05) is 6.07 Å². The number of carbonyl (C=O) groups is 1. The summed E-state index contributed by atoms with van der Waals surface area (Å²) < 4.78 is 54.7. The van der Waals surface area contributed by atoms with Gasteiger partial charge in [-0.05, 0) is 60.4 Å². The Labute approximate surface area is 223 Å². The third-order valence-electron chi connectivity index (χ3n) is 6.09. The van der Waals surface area contributed by atoms with Crippen molar-refractivity contribution in [3.8, 4) is 0 Å². The first-order chi connectivity index (χ1) is 17.7. The van der Waals surface area contributed by atoms with E-state index >= 15 is 0 Å². The van der Waals surface area contributed by atoms with Gasteiger partial charge in [0.15, 0.2) is 0 Å². The van der Waals surface area contributed by atoms with Crippen LogP contribution in [0.25, 0.3) is 0 Å². The molecule has 1 aliphatic rings. The number of sulfonamides is 2. The van der Waals surface area contributed by atoms with Crippen LogP contribution in [0.4, 0.5) is 0 Å². The minimum Gasteiger partial charge on any atom is -0.351 e. The normalized spacial score (nSPS) is 14.6. The summed E-state index contributed by atoms with van der Waals surface area (Å²) in [5.41, 5.74) is 1.44. The standard InChI is InChI=1S/C26H28ClN3O5S2/c27-23-10-14-25(15-11-23)37(34,35)30(19-22-6-2-1-3-7-22)20-26(31)28-18-21-8-12-24(13-9-21)36(32,33)29-16-4-5-17-29/h1-3,6-15H,4-5,16-20H2,(H,28,31). The molecule has 0 aliphatic carbocycles. The molecule has 11 heteroatoms. The molecule has 1 amide bonds. The van der Waals surface area contributed by atoms with E-state index in [-0.39, 0.29) is 29.4 Å². The van der Waals surface area contributed by atoms with Crippen molar-refractivity contribution in [2.24, 2.45) is 0 Å². The zero-order valence-electron chi connectivity index (χ0n) is 20.1. The van der Waals surface area contributed by atoms with Crippen LogP contribution < -0.4 is 5.32 Å². The van der Waals surface area contributed by atoms with E-state index in [2.05, 4.69) is 5.32 Å². The third kappa shape index (κ3) is 6.77. The second-order valence-electron chi connectivity index (χ2n) is 8.74. The Morgan fingerprint density at radius 2 is 1.41 bits per heavy atom. The maximum Gasteiger partial charge on any atom is 0.243 e. The van der Waals surface area contributed by atoms with Gasteiger partial charge in [0.25, 0.3) is 0 Å². The topological polar surface area (TPSA) is 104 Å². The fraction of sp³-hybridized carbons (Fsp3) is 0.269. The van der Waals surface area contributed by atoms with E-state index < -0.39 is 26.0 Å². The van der Waals surface area contributed by atoms with Crippen LogP contribution >= 0.6 is 11.6 Å². The van der Waals surface area contributed by atoms with Gasteiger partial charge in [-0.15, -0.1) is 0 Å². The molecule has 3 aromatic carbocycles. The van der Waals surface area contributed by atoms with Gasteiger partial charge < -0.3 is 5.32 Å². The van der Waals surface area contributed by atoms with E-state index in [1.165, 1.54) is 40.7 Å². The molecule has 0 unspecified atom stereocenters. The number of amides is 1. The molecule has 0 radical (unpaired) electrons. The van der Waals surface area contributed by atoms with Crippen LogP contribution in [0.5, 0.6) is 0 Å². The summed E-state index contributed by atoms with van der Waals surface area (Å²) >= 11 is 5.91. The van der Waals surface area contributed by atoms with Crippen molar-refractivity contribution in [1.82, 2.24) is 13.9 Å². The first-order valence-corrected chi connectivity index (χ1v) is 15.1. The van der Waals surface area contributed by atoms with E-state index in [4.69, 9.17) is 11.6 Å². The lowest BCUT2D eigenvalue weighted by Crippen LogP contribution is -2.40. The third-order valence-corrected chi connectivity index (χ3v) is 10.1. The van der Waals surface area contributed by atoms with Crippen molar-refractivity contribution in [2.45, 2.75) is 35.7 Å². The van der Waals surface area contributed by atoms with Crippen LogP contribution in [-0.4, -0.2) is 51.0 Å². The van der Waals surface area contributed by atoms with Crippen LogP contribution in [0.2, 0.25) is 5.02 Å². The Morgan fingerprint density at radius 3 is 2.03 bits per heavy atom. The van der Waals surface area contributed by atoms with Crippen molar-refractivity contribution < 1.29 is 21.6 Å². The zero-order chi connectivity index (χ0) is 26.5. The van der Waals surface area contributed by atoms with Crippen molar-refractivity contribution in [3.63, 3.8) is 0 Å². The first kappa shape index (κ1) is 27.3. The summed E-state index contributed by atoms with van der Waals surface area (Å²) in [6.45, 7) is 0.809. The Kier molecular flexibility index (Phi) is 8.66. The SMILES string of the molecule is O=C(CN(Cc1ccccc1)S(=O)(=O)c1ccc(Cl)cc1)NCc1ccc(S(=O)(=O)N2CCCC2)cc1. The van der Waals surface area contributed by atoms with Gasteiger partial charge in [-0.25, -0.2) is 16.8 Å². The molecule has 8 nitrogen and oxygen atoms in total. The molecule has 0 saturated carbocycles. The van der Waals surface area contributed by atoms with E-state index in [0.29, 0.717) is 23.7 Å². The fourth-order valence-corrected chi connectivity index (χ4v) is 7.07.